The number of fused-ring (bicyclic) bond motifs is 1. The number of aromatic nitrogens is 2. The number of carbonyl (C=O) groups is 1. The SMILES string of the molecule is CCCN1C(=O)C(=Cc2c(N3CCN(c4ccc(F)cc4)CC3)nc3ccc(C)cn3c2=O)SC1=S. The lowest BCUT2D eigenvalue weighted by Crippen LogP contribution is -2.47. The molecule has 2 aliphatic heterocycles. The van der Waals surface area contributed by atoms with E-state index in [-0.39, 0.29) is 17.3 Å². The van der Waals surface area contributed by atoms with Gasteiger partial charge in [0.1, 0.15) is 21.6 Å². The van der Waals surface area contributed by atoms with Gasteiger partial charge in [0.05, 0.1) is 10.5 Å². The number of halogens is 1. The van der Waals surface area contributed by atoms with Crippen LogP contribution < -0.4 is 15.4 Å². The number of rotatable bonds is 5. The highest BCUT2D eigenvalue weighted by molar-refractivity contribution is 8.26. The van der Waals surface area contributed by atoms with Crippen LogP contribution in [0.5, 0.6) is 0 Å². The minimum atomic E-state index is -0.262. The molecule has 2 fully saturated rings. The fourth-order valence-electron chi connectivity index (χ4n) is 4.49. The van der Waals surface area contributed by atoms with Crippen molar-refractivity contribution in [1.82, 2.24) is 14.3 Å². The van der Waals surface area contributed by atoms with Crippen molar-refractivity contribution in [3.63, 3.8) is 0 Å². The third-order valence-corrected chi connectivity index (χ3v) is 7.73. The van der Waals surface area contributed by atoms with Gasteiger partial charge in [-0.05, 0) is 55.3 Å². The number of hydrogen-bond acceptors (Lipinski definition) is 7. The molecule has 1 amide bonds. The Bertz CT molecular complexity index is 1430. The molecule has 7 nitrogen and oxygen atoms in total. The third-order valence-electron chi connectivity index (χ3n) is 6.35. The fourth-order valence-corrected chi connectivity index (χ4v) is 5.78. The lowest BCUT2D eigenvalue weighted by Gasteiger charge is -2.37. The first kappa shape index (κ1) is 24.5. The summed E-state index contributed by atoms with van der Waals surface area (Å²) in [7, 11) is 0. The van der Waals surface area contributed by atoms with Crippen molar-refractivity contribution in [2.24, 2.45) is 0 Å². The number of nitrogens with zero attached hydrogens (tertiary/aromatic N) is 5. The van der Waals surface area contributed by atoms with Crippen LogP contribution in [0.15, 0.2) is 52.3 Å². The predicted molar refractivity (Wildman–Crippen MR) is 147 cm³/mol. The van der Waals surface area contributed by atoms with Gasteiger partial charge < -0.3 is 9.80 Å². The van der Waals surface area contributed by atoms with Crippen LogP contribution in [0.25, 0.3) is 11.7 Å². The Balaban J connectivity index is 1.53. The smallest absolute Gasteiger partial charge is 0.267 e. The van der Waals surface area contributed by atoms with E-state index < -0.39 is 0 Å². The standard InChI is InChI=1S/C26H26FN5O2S2/c1-3-10-31-25(34)21(36-26(31)35)15-20-23(28-22-9-4-17(2)16-32(22)24(20)33)30-13-11-29(12-14-30)19-7-5-18(27)6-8-19/h4-9,15-16H,3,10-14H2,1-2H3. The van der Waals surface area contributed by atoms with Crippen molar-refractivity contribution in [2.75, 3.05) is 42.5 Å². The van der Waals surface area contributed by atoms with Crippen molar-refractivity contribution in [3.05, 3.63) is 74.8 Å². The van der Waals surface area contributed by atoms with Crippen LogP contribution in [-0.2, 0) is 4.79 Å². The van der Waals surface area contributed by atoms with Crippen LogP contribution >= 0.6 is 24.0 Å². The molecular formula is C26H26FN5O2S2. The summed E-state index contributed by atoms with van der Waals surface area (Å²) in [5.74, 6) is 0.124. The summed E-state index contributed by atoms with van der Waals surface area (Å²) in [5.41, 5.74) is 2.60. The molecule has 5 rings (SSSR count). The van der Waals surface area contributed by atoms with Gasteiger partial charge in [0, 0.05) is 44.6 Å². The molecular weight excluding hydrogens is 497 g/mol. The van der Waals surface area contributed by atoms with Gasteiger partial charge in [0.2, 0.25) is 0 Å². The molecule has 2 aromatic heterocycles. The third kappa shape index (κ3) is 4.62. The molecule has 0 bridgehead atoms. The van der Waals surface area contributed by atoms with Crippen LogP contribution in [0.1, 0.15) is 24.5 Å². The van der Waals surface area contributed by atoms with Gasteiger partial charge >= 0.3 is 0 Å². The largest absolute Gasteiger partial charge is 0.368 e. The van der Waals surface area contributed by atoms with Gasteiger partial charge in [-0.25, -0.2) is 9.37 Å². The summed E-state index contributed by atoms with van der Waals surface area (Å²) in [4.78, 5) is 37.9. The Hall–Kier alpha value is -3.24. The summed E-state index contributed by atoms with van der Waals surface area (Å²) < 4.78 is 15.4. The van der Waals surface area contributed by atoms with Gasteiger partial charge in [0.15, 0.2) is 0 Å². The molecule has 10 heteroatoms. The van der Waals surface area contributed by atoms with Crippen molar-refractivity contribution in [1.29, 1.82) is 0 Å². The Morgan fingerprint density at radius 1 is 1.06 bits per heavy atom. The first-order chi connectivity index (χ1) is 17.4. The van der Waals surface area contributed by atoms with E-state index in [1.807, 2.05) is 26.0 Å². The minimum Gasteiger partial charge on any atom is -0.368 e. The minimum absolute atomic E-state index is 0.173. The highest BCUT2D eigenvalue weighted by atomic mass is 32.2. The zero-order valence-corrected chi connectivity index (χ0v) is 21.7. The molecule has 0 spiro atoms. The van der Waals surface area contributed by atoms with E-state index in [1.165, 1.54) is 28.3 Å². The maximum absolute atomic E-state index is 13.7. The molecule has 0 atom stereocenters. The van der Waals surface area contributed by atoms with E-state index in [2.05, 4.69) is 9.80 Å². The Morgan fingerprint density at radius 3 is 2.44 bits per heavy atom. The van der Waals surface area contributed by atoms with Crippen LogP contribution in [0.2, 0.25) is 0 Å². The monoisotopic (exact) mass is 523 g/mol. The van der Waals surface area contributed by atoms with Gasteiger partial charge in [-0.15, -0.1) is 0 Å². The number of pyridine rings is 1. The zero-order valence-electron chi connectivity index (χ0n) is 20.1. The number of aryl methyl sites for hydroxylation is 1. The van der Waals surface area contributed by atoms with Crippen molar-refractivity contribution >= 4 is 57.4 Å². The van der Waals surface area contributed by atoms with E-state index in [0.29, 0.717) is 59.0 Å². The zero-order chi connectivity index (χ0) is 25.4. The molecule has 2 aliphatic rings. The number of amides is 1. The van der Waals surface area contributed by atoms with E-state index in [0.717, 1.165) is 17.7 Å². The molecule has 0 aliphatic carbocycles. The van der Waals surface area contributed by atoms with Gasteiger partial charge in [-0.2, -0.15) is 0 Å². The van der Waals surface area contributed by atoms with E-state index in [4.69, 9.17) is 17.2 Å². The highest BCUT2D eigenvalue weighted by Gasteiger charge is 2.32. The van der Waals surface area contributed by atoms with E-state index in [1.54, 1.807) is 29.3 Å². The van der Waals surface area contributed by atoms with Gasteiger partial charge in [-0.1, -0.05) is 37.0 Å². The highest BCUT2D eigenvalue weighted by Crippen LogP contribution is 2.34. The molecule has 186 valence electrons. The molecule has 0 saturated carbocycles. The first-order valence-electron chi connectivity index (χ1n) is 11.9. The normalized spacial score (nSPS) is 17.6. The average molecular weight is 524 g/mol. The lowest BCUT2D eigenvalue weighted by atomic mass is 10.2. The molecule has 1 aromatic carbocycles. The summed E-state index contributed by atoms with van der Waals surface area (Å²) in [5, 5.41) is 0. The van der Waals surface area contributed by atoms with Crippen LogP contribution in [-0.4, -0.2) is 57.2 Å². The van der Waals surface area contributed by atoms with Crippen LogP contribution in [0, 0.1) is 12.7 Å². The quantitative estimate of drug-likeness (QED) is 0.369. The molecule has 2 saturated heterocycles. The number of anilines is 2. The Morgan fingerprint density at radius 2 is 1.75 bits per heavy atom. The maximum atomic E-state index is 13.7. The molecule has 0 unspecified atom stereocenters. The first-order valence-corrected chi connectivity index (χ1v) is 13.1. The number of hydrogen-bond donors (Lipinski definition) is 0. The summed E-state index contributed by atoms with van der Waals surface area (Å²) in [6.07, 6.45) is 4.21. The molecule has 3 aromatic rings. The molecule has 0 radical (unpaired) electrons. The number of carbonyl (C=O) groups excluding carboxylic acids is 1. The number of thiocarbonyl (C=S) groups is 1. The number of benzene rings is 1. The summed E-state index contributed by atoms with van der Waals surface area (Å²) >= 11 is 6.64. The molecule has 4 heterocycles. The van der Waals surface area contributed by atoms with E-state index >= 15 is 0 Å². The van der Waals surface area contributed by atoms with Crippen molar-refractivity contribution in [3.8, 4) is 0 Å². The molecule has 0 N–H and O–H groups in total. The summed E-state index contributed by atoms with van der Waals surface area (Å²) in [6.45, 7) is 7.11. The Labute approximate surface area is 218 Å². The van der Waals surface area contributed by atoms with E-state index in [9.17, 15) is 14.0 Å². The molecule has 36 heavy (non-hydrogen) atoms. The van der Waals surface area contributed by atoms with Crippen molar-refractivity contribution in [2.45, 2.75) is 20.3 Å². The van der Waals surface area contributed by atoms with Gasteiger partial charge in [0.25, 0.3) is 11.5 Å². The predicted octanol–water partition coefficient (Wildman–Crippen LogP) is 4.08. The van der Waals surface area contributed by atoms with Crippen LogP contribution in [0.3, 0.4) is 0 Å². The lowest BCUT2D eigenvalue weighted by molar-refractivity contribution is -0.122. The van der Waals surface area contributed by atoms with Gasteiger partial charge in [-0.3, -0.25) is 18.9 Å². The number of thioether (sulfide) groups is 1. The number of piperazine rings is 1. The second-order valence-corrected chi connectivity index (χ2v) is 10.5. The topological polar surface area (TPSA) is 61.2 Å². The fraction of sp³-hybridized carbons (Fsp3) is 0.308. The second kappa shape index (κ2) is 10.0. The van der Waals surface area contributed by atoms with Crippen molar-refractivity contribution < 1.29 is 9.18 Å². The Kier molecular flexibility index (Phi) is 6.81. The second-order valence-electron chi connectivity index (χ2n) is 8.87. The maximum Gasteiger partial charge on any atom is 0.267 e. The van der Waals surface area contributed by atoms with Crippen LogP contribution in [0.4, 0.5) is 15.9 Å². The summed E-state index contributed by atoms with van der Waals surface area (Å²) in [6, 6.07) is 10.2. The average Bonchev–Trinajstić information content (AvgIpc) is 3.14.